The number of rotatable bonds is 10. The van der Waals surface area contributed by atoms with Crippen LogP contribution in [-0.2, 0) is 9.53 Å². The first-order valence-electron chi connectivity index (χ1n) is 8.23. The smallest absolute Gasteiger partial charge is 0.305 e. The summed E-state index contributed by atoms with van der Waals surface area (Å²) in [5.74, 6) is 0.761. The van der Waals surface area contributed by atoms with E-state index in [-0.39, 0.29) is 5.97 Å². The molecule has 0 bridgehead atoms. The third kappa shape index (κ3) is 7.25. The van der Waals surface area contributed by atoms with Crippen molar-refractivity contribution >= 4 is 5.97 Å². The largest absolute Gasteiger partial charge is 0.466 e. The van der Waals surface area contributed by atoms with Crippen LogP contribution in [0, 0.1) is 5.92 Å². The number of unbranched alkanes of at least 4 members (excludes halogenated alkanes) is 2. The molecule has 1 heterocycles. The summed E-state index contributed by atoms with van der Waals surface area (Å²) in [5.41, 5.74) is 0. The molecular weight excluding hydrogens is 252 g/mol. The van der Waals surface area contributed by atoms with Crippen LogP contribution in [0.15, 0.2) is 0 Å². The van der Waals surface area contributed by atoms with E-state index in [4.69, 9.17) is 4.74 Å². The lowest BCUT2D eigenvalue weighted by Gasteiger charge is -2.20. The van der Waals surface area contributed by atoms with E-state index in [1.807, 2.05) is 6.92 Å². The van der Waals surface area contributed by atoms with E-state index in [1.54, 1.807) is 0 Å². The van der Waals surface area contributed by atoms with Crippen molar-refractivity contribution in [2.24, 2.45) is 5.92 Å². The molecule has 1 saturated heterocycles. The Labute approximate surface area is 124 Å². The summed E-state index contributed by atoms with van der Waals surface area (Å²) in [6.45, 7) is 11.6. The minimum atomic E-state index is -0.0554. The SMILES string of the molecule is CCOC(=O)CCCCCNCC1CCN(C(C)C)C1. The van der Waals surface area contributed by atoms with Crippen molar-refractivity contribution in [1.82, 2.24) is 10.2 Å². The van der Waals surface area contributed by atoms with Crippen LogP contribution in [0.3, 0.4) is 0 Å². The second-order valence-electron chi connectivity index (χ2n) is 6.06. The topological polar surface area (TPSA) is 41.6 Å². The van der Waals surface area contributed by atoms with Gasteiger partial charge in [-0.25, -0.2) is 0 Å². The Morgan fingerprint density at radius 2 is 2.15 bits per heavy atom. The highest BCUT2D eigenvalue weighted by Gasteiger charge is 2.23. The number of esters is 1. The molecule has 118 valence electrons. The quantitative estimate of drug-likeness (QED) is 0.494. The standard InChI is InChI=1S/C16H32N2O2/c1-4-20-16(19)8-6-5-7-10-17-12-15-9-11-18(13-15)14(2)3/h14-15,17H,4-13H2,1-3H3. The maximum Gasteiger partial charge on any atom is 0.305 e. The van der Waals surface area contributed by atoms with Crippen LogP contribution in [0.1, 0.15) is 52.9 Å². The first-order chi connectivity index (χ1) is 9.63. The van der Waals surface area contributed by atoms with Gasteiger partial charge in [0.1, 0.15) is 0 Å². The van der Waals surface area contributed by atoms with Gasteiger partial charge in [-0.2, -0.15) is 0 Å². The molecule has 0 aromatic carbocycles. The predicted octanol–water partition coefficient (Wildman–Crippen LogP) is 2.43. The summed E-state index contributed by atoms with van der Waals surface area (Å²) >= 11 is 0. The van der Waals surface area contributed by atoms with E-state index in [0.717, 1.165) is 38.3 Å². The van der Waals surface area contributed by atoms with Gasteiger partial charge in [0.05, 0.1) is 6.61 Å². The molecule has 0 aliphatic carbocycles. The minimum Gasteiger partial charge on any atom is -0.466 e. The van der Waals surface area contributed by atoms with E-state index < -0.39 is 0 Å². The maximum absolute atomic E-state index is 11.1. The summed E-state index contributed by atoms with van der Waals surface area (Å²) in [4.78, 5) is 13.7. The van der Waals surface area contributed by atoms with Gasteiger partial charge in [0, 0.05) is 19.0 Å². The fourth-order valence-corrected chi connectivity index (χ4v) is 2.73. The summed E-state index contributed by atoms with van der Waals surface area (Å²) in [6, 6.07) is 0.683. The molecule has 20 heavy (non-hydrogen) atoms. The number of ether oxygens (including phenoxy) is 1. The van der Waals surface area contributed by atoms with E-state index in [9.17, 15) is 4.79 Å². The average molecular weight is 284 g/mol. The Hall–Kier alpha value is -0.610. The van der Waals surface area contributed by atoms with Crippen LogP contribution in [0.4, 0.5) is 0 Å². The second kappa shape index (κ2) is 10.2. The van der Waals surface area contributed by atoms with Crippen molar-refractivity contribution in [3.63, 3.8) is 0 Å². The zero-order chi connectivity index (χ0) is 14.8. The lowest BCUT2D eigenvalue weighted by molar-refractivity contribution is -0.143. The molecule has 0 amide bonds. The van der Waals surface area contributed by atoms with Gasteiger partial charge in [0.2, 0.25) is 0 Å². The molecule has 0 aromatic rings. The van der Waals surface area contributed by atoms with Crippen LogP contribution in [0.2, 0.25) is 0 Å². The van der Waals surface area contributed by atoms with Crippen LogP contribution in [0.25, 0.3) is 0 Å². The molecule has 0 radical (unpaired) electrons. The Morgan fingerprint density at radius 3 is 2.80 bits per heavy atom. The minimum absolute atomic E-state index is 0.0554. The van der Waals surface area contributed by atoms with Crippen molar-refractivity contribution in [3.05, 3.63) is 0 Å². The third-order valence-electron chi connectivity index (χ3n) is 4.02. The van der Waals surface area contributed by atoms with Gasteiger partial charge >= 0.3 is 5.97 Å². The van der Waals surface area contributed by atoms with Gasteiger partial charge in [0.15, 0.2) is 0 Å². The second-order valence-corrected chi connectivity index (χ2v) is 6.06. The van der Waals surface area contributed by atoms with Gasteiger partial charge in [-0.05, 0) is 65.6 Å². The first-order valence-corrected chi connectivity index (χ1v) is 8.23. The number of carbonyl (C=O) groups excluding carboxylic acids is 1. The average Bonchev–Trinajstić information content (AvgIpc) is 2.87. The summed E-state index contributed by atoms with van der Waals surface area (Å²) in [7, 11) is 0. The van der Waals surface area contributed by atoms with Gasteiger partial charge in [-0.15, -0.1) is 0 Å². The molecular formula is C16H32N2O2. The zero-order valence-corrected chi connectivity index (χ0v) is 13.5. The number of hydrogen-bond donors (Lipinski definition) is 1. The Kier molecular flexibility index (Phi) is 8.86. The number of nitrogens with zero attached hydrogens (tertiary/aromatic N) is 1. The molecule has 1 fully saturated rings. The van der Waals surface area contributed by atoms with Crippen LogP contribution in [0.5, 0.6) is 0 Å². The number of nitrogens with one attached hydrogen (secondary N) is 1. The molecule has 4 heteroatoms. The molecule has 1 aliphatic heterocycles. The van der Waals surface area contributed by atoms with Crippen LogP contribution < -0.4 is 5.32 Å². The van der Waals surface area contributed by atoms with Gasteiger partial charge in [0.25, 0.3) is 0 Å². The normalized spacial score (nSPS) is 19.7. The van der Waals surface area contributed by atoms with Crippen LogP contribution >= 0.6 is 0 Å². The van der Waals surface area contributed by atoms with Gasteiger partial charge in [-0.3, -0.25) is 4.79 Å². The van der Waals surface area contributed by atoms with E-state index >= 15 is 0 Å². The Bertz CT molecular complexity index is 269. The van der Waals surface area contributed by atoms with Crippen molar-refractivity contribution < 1.29 is 9.53 Å². The van der Waals surface area contributed by atoms with E-state index in [0.29, 0.717) is 19.1 Å². The zero-order valence-electron chi connectivity index (χ0n) is 13.5. The van der Waals surface area contributed by atoms with Gasteiger partial charge in [-0.1, -0.05) is 6.42 Å². The fraction of sp³-hybridized carbons (Fsp3) is 0.938. The van der Waals surface area contributed by atoms with E-state index in [1.165, 1.54) is 19.5 Å². The monoisotopic (exact) mass is 284 g/mol. The highest BCUT2D eigenvalue weighted by molar-refractivity contribution is 5.69. The van der Waals surface area contributed by atoms with Crippen molar-refractivity contribution in [2.75, 3.05) is 32.8 Å². The molecule has 1 unspecified atom stereocenters. The van der Waals surface area contributed by atoms with Crippen molar-refractivity contribution in [1.29, 1.82) is 0 Å². The lowest BCUT2D eigenvalue weighted by atomic mass is 10.1. The molecule has 0 saturated carbocycles. The predicted molar refractivity (Wildman–Crippen MR) is 82.8 cm³/mol. The molecule has 1 rings (SSSR count). The first kappa shape index (κ1) is 17.4. The molecule has 0 aromatic heterocycles. The number of carbonyl (C=O) groups is 1. The molecule has 4 nitrogen and oxygen atoms in total. The molecule has 0 spiro atoms. The molecule has 1 atom stereocenters. The molecule has 1 N–H and O–H groups in total. The fourth-order valence-electron chi connectivity index (χ4n) is 2.73. The third-order valence-corrected chi connectivity index (χ3v) is 4.02. The molecule has 1 aliphatic rings. The Balaban J connectivity index is 1.89. The lowest BCUT2D eigenvalue weighted by Crippen LogP contribution is -2.30. The maximum atomic E-state index is 11.1. The summed E-state index contributed by atoms with van der Waals surface area (Å²) in [5, 5.41) is 3.56. The Morgan fingerprint density at radius 1 is 1.35 bits per heavy atom. The highest BCUT2D eigenvalue weighted by Crippen LogP contribution is 2.17. The number of hydrogen-bond acceptors (Lipinski definition) is 4. The van der Waals surface area contributed by atoms with E-state index in [2.05, 4.69) is 24.1 Å². The summed E-state index contributed by atoms with van der Waals surface area (Å²) < 4.78 is 4.91. The number of likely N-dealkylation sites (tertiary alicyclic amines) is 1. The summed E-state index contributed by atoms with van der Waals surface area (Å²) in [6.07, 6.45) is 5.10. The van der Waals surface area contributed by atoms with Crippen LogP contribution in [-0.4, -0.2) is 49.7 Å². The van der Waals surface area contributed by atoms with Crippen molar-refractivity contribution in [2.45, 2.75) is 58.9 Å². The highest BCUT2D eigenvalue weighted by atomic mass is 16.5. The van der Waals surface area contributed by atoms with Crippen molar-refractivity contribution in [3.8, 4) is 0 Å². The van der Waals surface area contributed by atoms with Gasteiger partial charge < -0.3 is 15.0 Å².